The minimum atomic E-state index is 0.150. The molecule has 2 aromatic heterocycles. The number of para-hydroxylation sites is 2. The first-order chi connectivity index (χ1) is 14.2. The van der Waals surface area contributed by atoms with Crippen molar-refractivity contribution in [3.63, 3.8) is 0 Å². The average molecular weight is 391 g/mol. The van der Waals surface area contributed by atoms with E-state index in [0.717, 1.165) is 59.9 Å². The number of hydrogen-bond acceptors (Lipinski definition) is 1. The summed E-state index contributed by atoms with van der Waals surface area (Å²) < 4.78 is 4.46. The minimum absolute atomic E-state index is 0.150. The molecule has 0 amide bonds. The summed E-state index contributed by atoms with van der Waals surface area (Å²) in [6.45, 7) is 10.6. The molecule has 0 unspecified atom stereocenters. The molecular weight excluding hydrogens is 360 g/mol. The van der Waals surface area contributed by atoms with Gasteiger partial charge in [0.1, 0.15) is 29.8 Å². The van der Waals surface area contributed by atoms with Crippen LogP contribution in [0.25, 0.3) is 28.1 Å². The number of rotatable bonds is 8. The standard InChI is InChI=1S/C24H28N4O/c1-4-21(29)23-22(18-12-8-7-9-13-18)25-24-27(17-16-26(5-2)6-3)19-14-10-11-15-20(19)28(23)24/h7-15H,4-6,16-17H2,1-3H3/p+2. The lowest BCUT2D eigenvalue weighted by atomic mass is 10.1. The van der Waals surface area contributed by atoms with E-state index in [4.69, 9.17) is 0 Å². The molecule has 5 nitrogen and oxygen atoms in total. The Hall–Kier alpha value is -2.92. The van der Waals surface area contributed by atoms with Gasteiger partial charge in [0.25, 0.3) is 0 Å². The van der Waals surface area contributed by atoms with Crippen LogP contribution in [0.1, 0.15) is 37.7 Å². The van der Waals surface area contributed by atoms with Crippen LogP contribution in [0.15, 0.2) is 54.6 Å². The van der Waals surface area contributed by atoms with Crippen LogP contribution >= 0.6 is 0 Å². The zero-order valence-corrected chi connectivity index (χ0v) is 17.5. The number of imidazole rings is 2. The topological polar surface area (TPSA) is 45.6 Å². The van der Waals surface area contributed by atoms with Crippen molar-refractivity contribution < 1.29 is 14.3 Å². The summed E-state index contributed by atoms with van der Waals surface area (Å²) in [6, 6.07) is 18.5. The number of nitrogens with zero attached hydrogens (tertiary/aromatic N) is 2. The fourth-order valence-electron chi connectivity index (χ4n) is 4.21. The van der Waals surface area contributed by atoms with Crippen molar-refractivity contribution in [2.24, 2.45) is 0 Å². The zero-order chi connectivity index (χ0) is 20.4. The number of ketones is 1. The maximum Gasteiger partial charge on any atom is 0.369 e. The van der Waals surface area contributed by atoms with Gasteiger partial charge >= 0.3 is 5.78 Å². The number of H-pyrrole nitrogens is 1. The van der Waals surface area contributed by atoms with Crippen LogP contribution in [0.3, 0.4) is 0 Å². The summed E-state index contributed by atoms with van der Waals surface area (Å²) >= 11 is 0. The number of nitrogens with one attached hydrogen (secondary N) is 2. The van der Waals surface area contributed by atoms with E-state index in [1.807, 2.05) is 31.2 Å². The summed E-state index contributed by atoms with van der Waals surface area (Å²) in [6.07, 6.45) is 0.475. The molecule has 0 aliphatic rings. The monoisotopic (exact) mass is 390 g/mol. The number of likely N-dealkylation sites (N-methyl/N-ethyl adjacent to an activating group) is 1. The van der Waals surface area contributed by atoms with Gasteiger partial charge in [-0.05, 0) is 26.0 Å². The molecule has 29 heavy (non-hydrogen) atoms. The normalized spacial score (nSPS) is 11.7. The van der Waals surface area contributed by atoms with Gasteiger partial charge in [-0.1, -0.05) is 49.4 Å². The molecule has 5 heteroatoms. The van der Waals surface area contributed by atoms with Crippen molar-refractivity contribution in [2.75, 3.05) is 19.6 Å². The highest BCUT2D eigenvalue weighted by Crippen LogP contribution is 2.28. The lowest BCUT2D eigenvalue weighted by Crippen LogP contribution is -3.12. The first kappa shape index (κ1) is 19.4. The quantitative estimate of drug-likeness (QED) is 0.353. The predicted molar refractivity (Wildman–Crippen MR) is 116 cm³/mol. The molecule has 2 N–H and O–H groups in total. The van der Waals surface area contributed by atoms with Crippen molar-refractivity contribution in [3.05, 3.63) is 60.3 Å². The van der Waals surface area contributed by atoms with E-state index in [1.54, 1.807) is 4.90 Å². The Labute approximate surface area is 171 Å². The van der Waals surface area contributed by atoms with Gasteiger partial charge in [-0.2, -0.15) is 4.40 Å². The third-order valence-electron chi connectivity index (χ3n) is 5.91. The number of hydrogen-bond donors (Lipinski definition) is 2. The summed E-state index contributed by atoms with van der Waals surface area (Å²) in [5, 5.41) is 0. The van der Waals surface area contributed by atoms with E-state index < -0.39 is 0 Å². The molecule has 0 saturated carbocycles. The molecule has 0 bridgehead atoms. The van der Waals surface area contributed by atoms with Crippen molar-refractivity contribution in [1.82, 2.24) is 9.38 Å². The summed E-state index contributed by atoms with van der Waals surface area (Å²) in [5.74, 6) is 1.13. The second-order valence-electron chi connectivity index (χ2n) is 7.50. The van der Waals surface area contributed by atoms with Crippen molar-refractivity contribution in [3.8, 4) is 11.3 Å². The number of carbonyl (C=O) groups is 1. The highest BCUT2D eigenvalue weighted by Gasteiger charge is 2.30. The lowest BCUT2D eigenvalue weighted by Gasteiger charge is -2.14. The van der Waals surface area contributed by atoms with E-state index in [2.05, 4.69) is 58.1 Å². The minimum Gasteiger partial charge on any atom is -0.333 e. The summed E-state index contributed by atoms with van der Waals surface area (Å²) in [4.78, 5) is 18.2. The van der Waals surface area contributed by atoms with E-state index in [1.165, 1.54) is 0 Å². The molecule has 0 aliphatic carbocycles. The van der Waals surface area contributed by atoms with Crippen LogP contribution in [-0.4, -0.2) is 34.8 Å². The largest absolute Gasteiger partial charge is 0.369 e. The van der Waals surface area contributed by atoms with Gasteiger partial charge in [0.15, 0.2) is 11.5 Å². The molecule has 0 atom stereocenters. The summed E-state index contributed by atoms with van der Waals surface area (Å²) in [7, 11) is 0. The molecule has 4 rings (SSSR count). The van der Waals surface area contributed by atoms with Gasteiger partial charge in [0.2, 0.25) is 0 Å². The highest BCUT2D eigenvalue weighted by atomic mass is 16.1. The number of aromatic nitrogens is 3. The molecule has 0 fully saturated rings. The Balaban J connectivity index is 1.97. The van der Waals surface area contributed by atoms with Crippen LogP contribution in [0.4, 0.5) is 0 Å². The van der Waals surface area contributed by atoms with E-state index in [0.29, 0.717) is 6.42 Å². The molecule has 150 valence electrons. The number of carbonyl (C=O) groups excluding carboxylic acids is 1. The predicted octanol–water partition coefficient (Wildman–Crippen LogP) is 2.89. The lowest BCUT2D eigenvalue weighted by molar-refractivity contribution is -0.912. The first-order valence-corrected chi connectivity index (χ1v) is 10.7. The second kappa shape index (κ2) is 8.21. The Bertz CT molecular complexity index is 1140. The Morgan fingerprint density at radius 2 is 1.69 bits per heavy atom. The van der Waals surface area contributed by atoms with Gasteiger partial charge < -0.3 is 4.90 Å². The molecule has 2 heterocycles. The van der Waals surface area contributed by atoms with E-state index in [9.17, 15) is 4.79 Å². The number of aromatic amines is 1. The first-order valence-electron chi connectivity index (χ1n) is 10.7. The number of fused-ring (bicyclic) bond motifs is 3. The van der Waals surface area contributed by atoms with Crippen molar-refractivity contribution in [1.29, 1.82) is 0 Å². The fraction of sp³-hybridized carbons (Fsp3) is 0.333. The molecule has 2 aromatic carbocycles. The van der Waals surface area contributed by atoms with Gasteiger partial charge in [0.05, 0.1) is 13.1 Å². The van der Waals surface area contributed by atoms with E-state index in [-0.39, 0.29) is 5.78 Å². The van der Waals surface area contributed by atoms with Crippen molar-refractivity contribution in [2.45, 2.75) is 33.7 Å². The maximum atomic E-state index is 13.0. The Kier molecular flexibility index (Phi) is 5.49. The number of benzene rings is 2. The van der Waals surface area contributed by atoms with Gasteiger partial charge in [-0.25, -0.2) is 9.55 Å². The van der Waals surface area contributed by atoms with Gasteiger partial charge in [-0.3, -0.25) is 4.79 Å². The Morgan fingerprint density at radius 1 is 1.00 bits per heavy atom. The third-order valence-corrected chi connectivity index (χ3v) is 5.91. The zero-order valence-electron chi connectivity index (χ0n) is 17.5. The SMILES string of the molecule is CCC(=O)c1c(-c2ccccc2)[nH]c2n1c1ccccc1[n+]2CC[NH+](CC)CC. The van der Waals surface area contributed by atoms with Crippen LogP contribution in [-0.2, 0) is 6.54 Å². The molecule has 0 aliphatic heterocycles. The van der Waals surface area contributed by atoms with E-state index >= 15 is 0 Å². The van der Waals surface area contributed by atoms with Crippen molar-refractivity contribution >= 4 is 22.6 Å². The maximum absolute atomic E-state index is 13.0. The second-order valence-corrected chi connectivity index (χ2v) is 7.50. The van der Waals surface area contributed by atoms with Crippen LogP contribution in [0.5, 0.6) is 0 Å². The molecule has 0 saturated heterocycles. The van der Waals surface area contributed by atoms with Gasteiger partial charge in [0, 0.05) is 12.0 Å². The van der Waals surface area contributed by atoms with Crippen LogP contribution < -0.4 is 9.47 Å². The molecule has 4 aromatic rings. The third kappa shape index (κ3) is 3.36. The summed E-state index contributed by atoms with van der Waals surface area (Å²) in [5.41, 5.74) is 4.93. The van der Waals surface area contributed by atoms with Gasteiger partial charge in [-0.15, -0.1) is 0 Å². The van der Waals surface area contributed by atoms with Crippen LogP contribution in [0, 0.1) is 0 Å². The number of quaternary nitrogens is 1. The molecule has 0 radical (unpaired) electrons. The smallest absolute Gasteiger partial charge is 0.333 e. The Morgan fingerprint density at radius 3 is 2.38 bits per heavy atom. The highest BCUT2D eigenvalue weighted by molar-refractivity contribution is 6.02. The molecular formula is C24H30N4O+2. The average Bonchev–Trinajstić information content (AvgIpc) is 3.30. The fourth-order valence-corrected chi connectivity index (χ4v) is 4.21. The molecule has 0 spiro atoms. The number of Topliss-reactive ketones (excluding diaryl/α,β-unsaturated/α-hetero) is 1. The van der Waals surface area contributed by atoms with Crippen LogP contribution in [0.2, 0.25) is 0 Å².